The van der Waals surface area contributed by atoms with E-state index in [2.05, 4.69) is 30.2 Å². The average Bonchev–Trinajstić information content (AvgIpc) is 3.07. The fourth-order valence-electron chi connectivity index (χ4n) is 3.55. The Kier molecular flexibility index (Phi) is 6.54. The standard InChI is InChI=1S/C22H26N4O/c1-2-3-7-12-26-22(19(15-23)16-24-26)25-20-11-10-18(21(27)14-20)13-17-8-5-4-6-9-17/h4-6,8-9,16,18H,2-3,7,10-14H2,1H3. The molecule has 27 heavy (non-hydrogen) atoms. The Morgan fingerprint density at radius 2 is 2.11 bits per heavy atom. The van der Waals surface area contributed by atoms with Gasteiger partial charge >= 0.3 is 0 Å². The number of benzene rings is 1. The van der Waals surface area contributed by atoms with E-state index in [1.54, 1.807) is 6.20 Å². The Morgan fingerprint density at radius 1 is 1.30 bits per heavy atom. The highest BCUT2D eigenvalue weighted by molar-refractivity contribution is 6.06. The summed E-state index contributed by atoms with van der Waals surface area (Å²) in [6.45, 7) is 2.91. The maximum atomic E-state index is 12.6. The zero-order valence-electron chi connectivity index (χ0n) is 15.9. The SMILES string of the molecule is CCCCCn1ncc(C#N)c1N=C1CCC(Cc2ccccc2)C(=O)C1. The molecule has 140 valence electrons. The Morgan fingerprint density at radius 3 is 2.81 bits per heavy atom. The number of unbranched alkanes of at least 4 members (excludes halogenated alkanes) is 2. The predicted molar refractivity (Wildman–Crippen MR) is 106 cm³/mol. The molecule has 0 aliphatic heterocycles. The first kappa shape index (κ1) is 19.0. The number of carbonyl (C=O) groups is 1. The maximum absolute atomic E-state index is 12.6. The summed E-state index contributed by atoms with van der Waals surface area (Å²) in [7, 11) is 0. The van der Waals surface area contributed by atoms with E-state index < -0.39 is 0 Å². The van der Waals surface area contributed by atoms with Gasteiger partial charge in [0.25, 0.3) is 0 Å². The minimum Gasteiger partial charge on any atom is -0.299 e. The lowest BCUT2D eigenvalue weighted by molar-refractivity contribution is -0.122. The second kappa shape index (κ2) is 9.27. The van der Waals surface area contributed by atoms with Crippen molar-refractivity contribution in [1.29, 1.82) is 5.26 Å². The molecular weight excluding hydrogens is 336 g/mol. The Bertz CT molecular complexity index is 845. The van der Waals surface area contributed by atoms with E-state index in [1.165, 1.54) is 5.56 Å². The van der Waals surface area contributed by atoms with Crippen LogP contribution in [0.1, 0.15) is 56.6 Å². The minimum atomic E-state index is 0.0660. The first-order valence-electron chi connectivity index (χ1n) is 9.80. The summed E-state index contributed by atoms with van der Waals surface area (Å²) in [5.74, 6) is 0.925. The van der Waals surface area contributed by atoms with Crippen LogP contribution in [-0.2, 0) is 17.8 Å². The highest BCUT2D eigenvalue weighted by Crippen LogP contribution is 2.27. The van der Waals surface area contributed by atoms with Gasteiger partial charge in [0.1, 0.15) is 17.4 Å². The highest BCUT2D eigenvalue weighted by Gasteiger charge is 2.26. The van der Waals surface area contributed by atoms with Gasteiger partial charge in [0, 0.05) is 24.6 Å². The van der Waals surface area contributed by atoms with Gasteiger partial charge in [-0.2, -0.15) is 10.4 Å². The average molecular weight is 362 g/mol. The van der Waals surface area contributed by atoms with E-state index in [0.29, 0.717) is 17.8 Å². The summed E-state index contributed by atoms with van der Waals surface area (Å²) in [5.41, 5.74) is 2.56. The van der Waals surface area contributed by atoms with Gasteiger partial charge in [-0.05, 0) is 31.2 Å². The quantitative estimate of drug-likeness (QED) is 0.674. The van der Waals surface area contributed by atoms with E-state index in [0.717, 1.165) is 50.8 Å². The fourth-order valence-corrected chi connectivity index (χ4v) is 3.55. The van der Waals surface area contributed by atoms with E-state index in [9.17, 15) is 10.1 Å². The number of ketones is 1. The minimum absolute atomic E-state index is 0.0660. The molecule has 1 aliphatic carbocycles. The van der Waals surface area contributed by atoms with Crippen molar-refractivity contribution in [2.24, 2.45) is 10.9 Å². The summed E-state index contributed by atoms with van der Waals surface area (Å²) in [6.07, 6.45) is 7.64. The molecule has 1 fully saturated rings. The molecule has 1 aliphatic rings. The van der Waals surface area contributed by atoms with Crippen molar-refractivity contribution in [2.45, 2.75) is 58.4 Å². The van der Waals surface area contributed by atoms with Gasteiger partial charge in [-0.15, -0.1) is 0 Å². The zero-order valence-corrected chi connectivity index (χ0v) is 15.9. The third-order valence-electron chi connectivity index (χ3n) is 5.11. The second-order valence-corrected chi connectivity index (χ2v) is 7.17. The van der Waals surface area contributed by atoms with E-state index >= 15 is 0 Å². The van der Waals surface area contributed by atoms with Crippen LogP contribution < -0.4 is 0 Å². The first-order valence-corrected chi connectivity index (χ1v) is 9.80. The molecule has 0 spiro atoms. The lowest BCUT2D eigenvalue weighted by Crippen LogP contribution is -2.26. The number of nitriles is 1. The summed E-state index contributed by atoms with van der Waals surface area (Å²) in [6, 6.07) is 12.3. The lowest BCUT2D eigenvalue weighted by Gasteiger charge is -2.22. The van der Waals surface area contributed by atoms with Crippen molar-refractivity contribution in [3.63, 3.8) is 0 Å². The molecule has 2 aromatic rings. The van der Waals surface area contributed by atoms with Crippen LogP contribution in [0.2, 0.25) is 0 Å². The van der Waals surface area contributed by atoms with Crippen molar-refractivity contribution in [3.05, 3.63) is 47.7 Å². The molecule has 1 saturated carbocycles. The molecule has 5 heteroatoms. The van der Waals surface area contributed by atoms with Crippen LogP contribution >= 0.6 is 0 Å². The van der Waals surface area contributed by atoms with Crippen molar-refractivity contribution in [1.82, 2.24) is 9.78 Å². The van der Waals surface area contributed by atoms with E-state index in [-0.39, 0.29) is 11.7 Å². The molecule has 0 amide bonds. The van der Waals surface area contributed by atoms with Crippen LogP contribution in [-0.4, -0.2) is 21.3 Å². The van der Waals surface area contributed by atoms with Crippen LogP contribution in [0.4, 0.5) is 5.82 Å². The van der Waals surface area contributed by atoms with E-state index in [1.807, 2.05) is 22.9 Å². The molecule has 0 saturated heterocycles. The van der Waals surface area contributed by atoms with Gasteiger partial charge in [-0.3, -0.25) is 4.79 Å². The van der Waals surface area contributed by atoms with Gasteiger partial charge in [0.2, 0.25) is 0 Å². The Hall–Kier alpha value is -2.74. The van der Waals surface area contributed by atoms with E-state index in [4.69, 9.17) is 4.99 Å². The summed E-state index contributed by atoms with van der Waals surface area (Å²) >= 11 is 0. The summed E-state index contributed by atoms with van der Waals surface area (Å²) in [5, 5.41) is 13.7. The van der Waals surface area contributed by atoms with Gasteiger partial charge in [-0.1, -0.05) is 50.1 Å². The topological polar surface area (TPSA) is 71.0 Å². The molecule has 1 heterocycles. The number of rotatable bonds is 7. The number of nitrogens with zero attached hydrogens (tertiary/aromatic N) is 4. The molecular formula is C22H26N4O. The van der Waals surface area contributed by atoms with Gasteiger partial charge in [0.05, 0.1) is 6.20 Å². The molecule has 5 nitrogen and oxygen atoms in total. The van der Waals surface area contributed by atoms with Crippen LogP contribution in [0, 0.1) is 17.2 Å². The molecule has 0 bridgehead atoms. The van der Waals surface area contributed by atoms with Gasteiger partial charge in [-0.25, -0.2) is 9.67 Å². The van der Waals surface area contributed by atoms with Crippen molar-refractivity contribution in [3.8, 4) is 6.07 Å². The zero-order chi connectivity index (χ0) is 19.1. The number of hydrogen-bond acceptors (Lipinski definition) is 4. The Balaban J connectivity index is 1.69. The Labute approximate surface area is 160 Å². The van der Waals surface area contributed by atoms with Crippen molar-refractivity contribution < 1.29 is 4.79 Å². The molecule has 1 aromatic carbocycles. The molecule has 1 unspecified atom stereocenters. The van der Waals surface area contributed by atoms with Crippen LogP contribution in [0.5, 0.6) is 0 Å². The third kappa shape index (κ3) is 4.91. The van der Waals surface area contributed by atoms with Crippen molar-refractivity contribution in [2.75, 3.05) is 0 Å². The highest BCUT2D eigenvalue weighted by atomic mass is 16.1. The van der Waals surface area contributed by atoms with Gasteiger partial charge in [0.15, 0.2) is 5.82 Å². The second-order valence-electron chi connectivity index (χ2n) is 7.17. The molecule has 1 aromatic heterocycles. The number of carbonyl (C=O) groups excluding carboxylic acids is 1. The molecule has 3 rings (SSSR count). The number of aliphatic imine (C=N–C) groups is 1. The first-order chi connectivity index (χ1) is 13.2. The summed E-state index contributed by atoms with van der Waals surface area (Å²) in [4.78, 5) is 17.3. The van der Waals surface area contributed by atoms with Crippen LogP contribution in [0.15, 0.2) is 41.5 Å². The molecule has 0 radical (unpaired) electrons. The monoisotopic (exact) mass is 362 g/mol. The maximum Gasteiger partial charge on any atom is 0.168 e. The largest absolute Gasteiger partial charge is 0.299 e. The number of aryl methyl sites for hydroxylation is 1. The molecule has 1 atom stereocenters. The summed E-state index contributed by atoms with van der Waals surface area (Å²) < 4.78 is 1.81. The lowest BCUT2D eigenvalue weighted by atomic mass is 9.82. The smallest absolute Gasteiger partial charge is 0.168 e. The van der Waals surface area contributed by atoms with Crippen LogP contribution in [0.3, 0.4) is 0 Å². The predicted octanol–water partition coefficient (Wildman–Crippen LogP) is 4.63. The number of aromatic nitrogens is 2. The number of Topliss-reactive ketones (excluding diaryl/α,β-unsaturated/α-hetero) is 1. The van der Waals surface area contributed by atoms with Crippen molar-refractivity contribution >= 4 is 17.3 Å². The normalized spacial score (nSPS) is 18.6. The number of hydrogen-bond donors (Lipinski definition) is 0. The molecule has 0 N–H and O–H groups in total. The van der Waals surface area contributed by atoms with Crippen LogP contribution in [0.25, 0.3) is 0 Å². The third-order valence-corrected chi connectivity index (χ3v) is 5.11. The van der Waals surface area contributed by atoms with Gasteiger partial charge < -0.3 is 0 Å². The fraction of sp³-hybridized carbons (Fsp3) is 0.455.